The van der Waals surface area contributed by atoms with Crippen molar-refractivity contribution in [1.29, 1.82) is 0 Å². The largest absolute Gasteiger partial charge is 0.365 e. The van der Waals surface area contributed by atoms with E-state index in [0.29, 0.717) is 5.92 Å². The van der Waals surface area contributed by atoms with Gasteiger partial charge in [-0.25, -0.2) is 0 Å². The number of aryl methyl sites for hydroxylation is 2. The Morgan fingerprint density at radius 3 is 2.78 bits per heavy atom. The van der Waals surface area contributed by atoms with Gasteiger partial charge in [0.15, 0.2) is 0 Å². The molecular formula is C13H19ClN4. The minimum Gasteiger partial charge on any atom is -0.365 e. The molecule has 2 aromatic rings. The summed E-state index contributed by atoms with van der Waals surface area (Å²) in [5, 5.41) is 7.98. The first-order valence-corrected chi connectivity index (χ1v) is 6.12. The molecule has 98 valence electrons. The summed E-state index contributed by atoms with van der Waals surface area (Å²) in [4.78, 5) is 0. The number of nitrogens with zero attached hydrogens (tertiary/aromatic N) is 3. The van der Waals surface area contributed by atoms with Crippen LogP contribution in [0.4, 0.5) is 5.82 Å². The highest BCUT2D eigenvalue weighted by Gasteiger charge is 2.26. The molecule has 2 aromatic heterocycles. The van der Waals surface area contributed by atoms with Gasteiger partial charge in [-0.2, -0.15) is 5.10 Å². The van der Waals surface area contributed by atoms with Crippen molar-refractivity contribution in [3.63, 3.8) is 0 Å². The third kappa shape index (κ3) is 2.53. The smallest absolute Gasteiger partial charge is 0.124 e. The lowest BCUT2D eigenvalue weighted by Crippen LogP contribution is -2.07. The molecule has 1 N–H and O–H groups in total. The summed E-state index contributed by atoms with van der Waals surface area (Å²) < 4.78 is 4.07. The van der Waals surface area contributed by atoms with Crippen LogP contribution in [0.25, 0.3) is 0 Å². The molecule has 1 fully saturated rings. The van der Waals surface area contributed by atoms with Crippen LogP contribution in [0.2, 0.25) is 0 Å². The minimum absolute atomic E-state index is 0. The van der Waals surface area contributed by atoms with Gasteiger partial charge in [0.1, 0.15) is 5.82 Å². The number of anilines is 1. The maximum atomic E-state index is 4.54. The number of hydrogen-bond donors (Lipinski definition) is 1. The molecule has 4 nitrogen and oxygen atoms in total. The fourth-order valence-electron chi connectivity index (χ4n) is 2.09. The van der Waals surface area contributed by atoms with Crippen LogP contribution in [0.1, 0.15) is 30.1 Å². The van der Waals surface area contributed by atoms with Crippen molar-refractivity contribution in [2.45, 2.75) is 25.3 Å². The van der Waals surface area contributed by atoms with E-state index in [1.54, 1.807) is 0 Å². The fraction of sp³-hybridized carbons (Fsp3) is 0.462. The van der Waals surface area contributed by atoms with Crippen LogP contribution in [0.3, 0.4) is 0 Å². The Morgan fingerprint density at radius 2 is 2.17 bits per heavy atom. The molecular weight excluding hydrogens is 248 g/mol. The van der Waals surface area contributed by atoms with Gasteiger partial charge in [0.25, 0.3) is 0 Å². The van der Waals surface area contributed by atoms with Crippen LogP contribution in [-0.4, -0.2) is 14.3 Å². The average molecular weight is 267 g/mol. The van der Waals surface area contributed by atoms with E-state index in [9.17, 15) is 0 Å². The van der Waals surface area contributed by atoms with Gasteiger partial charge in [0.05, 0.1) is 12.2 Å². The first-order chi connectivity index (χ1) is 8.24. The highest BCUT2D eigenvalue weighted by molar-refractivity contribution is 5.85. The lowest BCUT2D eigenvalue weighted by atomic mass is 10.3. The zero-order valence-corrected chi connectivity index (χ0v) is 11.6. The van der Waals surface area contributed by atoms with E-state index in [4.69, 9.17) is 0 Å². The fourth-order valence-corrected chi connectivity index (χ4v) is 2.09. The molecule has 0 saturated heterocycles. The first-order valence-electron chi connectivity index (χ1n) is 6.12. The molecule has 0 unspecified atom stereocenters. The monoisotopic (exact) mass is 266 g/mol. The summed E-state index contributed by atoms with van der Waals surface area (Å²) >= 11 is 0. The second kappa shape index (κ2) is 5.06. The Balaban J connectivity index is 0.00000120. The maximum absolute atomic E-state index is 4.54. The minimum atomic E-state index is 0. The van der Waals surface area contributed by atoms with Gasteiger partial charge in [-0.1, -0.05) is 0 Å². The topological polar surface area (TPSA) is 34.8 Å². The van der Waals surface area contributed by atoms with E-state index >= 15 is 0 Å². The van der Waals surface area contributed by atoms with Gasteiger partial charge < -0.3 is 9.88 Å². The number of halogens is 1. The van der Waals surface area contributed by atoms with Crippen molar-refractivity contribution in [1.82, 2.24) is 14.3 Å². The van der Waals surface area contributed by atoms with Crippen molar-refractivity contribution < 1.29 is 0 Å². The van der Waals surface area contributed by atoms with E-state index in [1.165, 1.54) is 24.2 Å². The van der Waals surface area contributed by atoms with Crippen LogP contribution < -0.4 is 5.32 Å². The molecule has 0 spiro atoms. The van der Waals surface area contributed by atoms with Crippen LogP contribution >= 0.6 is 12.4 Å². The molecule has 1 aliphatic carbocycles. The second-order valence-electron chi connectivity index (χ2n) is 4.82. The Hall–Kier alpha value is -1.42. The third-order valence-electron chi connectivity index (χ3n) is 3.40. The number of nitrogens with one attached hydrogen (secondary N) is 1. The van der Waals surface area contributed by atoms with Crippen molar-refractivity contribution in [2.24, 2.45) is 14.1 Å². The van der Waals surface area contributed by atoms with Crippen LogP contribution in [-0.2, 0) is 20.6 Å². The van der Waals surface area contributed by atoms with Gasteiger partial charge >= 0.3 is 0 Å². The quantitative estimate of drug-likeness (QED) is 0.923. The van der Waals surface area contributed by atoms with E-state index < -0.39 is 0 Å². The molecule has 1 saturated carbocycles. The number of aromatic nitrogens is 3. The van der Waals surface area contributed by atoms with Crippen LogP contribution in [0.5, 0.6) is 0 Å². The summed E-state index contributed by atoms with van der Waals surface area (Å²) in [5.41, 5.74) is 2.51. The van der Waals surface area contributed by atoms with Gasteiger partial charge in [0, 0.05) is 38.0 Å². The molecule has 0 atom stereocenters. The summed E-state index contributed by atoms with van der Waals surface area (Å²) in [6.45, 7) is 0.840. The highest BCUT2D eigenvalue weighted by atomic mass is 35.5. The van der Waals surface area contributed by atoms with Crippen LogP contribution in [0, 0.1) is 0 Å². The van der Waals surface area contributed by atoms with Gasteiger partial charge in [-0.3, -0.25) is 4.68 Å². The Labute approximate surface area is 113 Å². The predicted molar refractivity (Wildman–Crippen MR) is 75.2 cm³/mol. The molecule has 0 aliphatic heterocycles. The summed E-state index contributed by atoms with van der Waals surface area (Å²) in [5.74, 6) is 1.82. The third-order valence-corrected chi connectivity index (χ3v) is 3.40. The Kier molecular flexibility index (Phi) is 3.66. The first kappa shape index (κ1) is 13.0. The molecule has 0 amide bonds. The molecule has 0 bridgehead atoms. The van der Waals surface area contributed by atoms with Crippen molar-refractivity contribution in [3.8, 4) is 0 Å². The normalized spacial score (nSPS) is 14.3. The van der Waals surface area contributed by atoms with Crippen molar-refractivity contribution >= 4 is 18.2 Å². The van der Waals surface area contributed by atoms with E-state index in [2.05, 4.69) is 46.4 Å². The molecule has 1 aliphatic rings. The van der Waals surface area contributed by atoms with E-state index in [1.807, 2.05) is 11.7 Å². The Morgan fingerprint density at radius 1 is 1.39 bits per heavy atom. The lowest BCUT2D eigenvalue weighted by Gasteiger charge is -2.07. The van der Waals surface area contributed by atoms with E-state index in [-0.39, 0.29) is 12.4 Å². The SMILES string of the molecule is Cl.Cn1cccc1CNc1cc(C2CC2)nn1C. The highest BCUT2D eigenvalue weighted by Crippen LogP contribution is 2.39. The van der Waals surface area contributed by atoms with Gasteiger partial charge in [0.2, 0.25) is 0 Å². The molecule has 0 aromatic carbocycles. The van der Waals surface area contributed by atoms with Crippen LogP contribution in [0.15, 0.2) is 24.4 Å². The zero-order valence-electron chi connectivity index (χ0n) is 10.8. The lowest BCUT2D eigenvalue weighted by molar-refractivity contribution is 0.741. The molecule has 18 heavy (non-hydrogen) atoms. The number of rotatable bonds is 4. The molecule has 3 rings (SSSR count). The van der Waals surface area contributed by atoms with E-state index in [0.717, 1.165) is 12.4 Å². The zero-order chi connectivity index (χ0) is 11.8. The van der Waals surface area contributed by atoms with Gasteiger partial charge in [-0.05, 0) is 25.0 Å². The average Bonchev–Trinajstić information content (AvgIpc) is 2.98. The van der Waals surface area contributed by atoms with Crippen molar-refractivity contribution in [2.75, 3.05) is 5.32 Å². The molecule has 2 heterocycles. The van der Waals surface area contributed by atoms with Crippen molar-refractivity contribution in [3.05, 3.63) is 35.8 Å². The molecule has 0 radical (unpaired) electrons. The summed E-state index contributed by atoms with van der Waals surface area (Å²) in [6.07, 6.45) is 4.67. The maximum Gasteiger partial charge on any atom is 0.124 e. The standard InChI is InChI=1S/C13H18N4.ClH/c1-16-7-3-4-11(16)9-14-13-8-12(10-5-6-10)15-17(13)2;/h3-4,7-8,10,14H,5-6,9H2,1-2H3;1H. The Bertz CT molecular complexity index is 525. The predicted octanol–water partition coefficient (Wildman–Crippen LogP) is 2.67. The summed E-state index contributed by atoms with van der Waals surface area (Å²) in [7, 11) is 4.06. The van der Waals surface area contributed by atoms with Gasteiger partial charge in [-0.15, -0.1) is 12.4 Å². The summed E-state index contributed by atoms with van der Waals surface area (Å²) in [6, 6.07) is 6.38. The number of hydrogen-bond acceptors (Lipinski definition) is 2. The second-order valence-corrected chi connectivity index (χ2v) is 4.82. The molecule has 5 heteroatoms.